The summed E-state index contributed by atoms with van der Waals surface area (Å²) in [7, 11) is 0. The van der Waals surface area contributed by atoms with Crippen LogP contribution in [0.2, 0.25) is 0 Å². The molecule has 22 heavy (non-hydrogen) atoms. The average Bonchev–Trinajstić information content (AvgIpc) is 2.61. The van der Waals surface area contributed by atoms with Gasteiger partial charge >= 0.3 is 0 Å². The first-order chi connectivity index (χ1) is 10.8. The van der Waals surface area contributed by atoms with E-state index in [1.54, 1.807) is 0 Å². The van der Waals surface area contributed by atoms with Crippen molar-refractivity contribution in [3.8, 4) is 0 Å². The highest BCUT2D eigenvalue weighted by Crippen LogP contribution is 2.23. The zero-order valence-electron chi connectivity index (χ0n) is 11.9. The van der Waals surface area contributed by atoms with Gasteiger partial charge < -0.3 is 20.2 Å². The largest absolute Gasteiger partial charge is 0.409 e. The van der Waals surface area contributed by atoms with E-state index in [1.807, 2.05) is 70.5 Å². The van der Waals surface area contributed by atoms with Crippen molar-refractivity contribution >= 4 is 23.0 Å². The second kappa shape index (κ2) is 6.17. The average molecular weight is 296 g/mol. The van der Waals surface area contributed by atoms with Gasteiger partial charge in [-0.3, -0.25) is 0 Å². The maximum atomic E-state index is 9.42. The predicted octanol–water partition coefficient (Wildman–Crippen LogP) is 2.59. The molecular formula is C16H16N4O2. The lowest BCUT2D eigenvalue weighted by atomic mass is 10.2. The van der Waals surface area contributed by atoms with Crippen LogP contribution in [0.4, 0.5) is 11.4 Å². The van der Waals surface area contributed by atoms with Gasteiger partial charge in [-0.15, -0.1) is 0 Å². The Morgan fingerprint density at radius 2 is 1.00 bits per heavy atom. The first-order valence-corrected chi connectivity index (χ1v) is 6.95. The summed E-state index contributed by atoms with van der Waals surface area (Å²) in [5, 5.41) is 25.5. The van der Waals surface area contributed by atoms with Gasteiger partial charge in [-0.05, 0) is 24.3 Å². The third-order valence-corrected chi connectivity index (χ3v) is 3.58. The van der Waals surface area contributed by atoms with E-state index in [2.05, 4.69) is 10.3 Å². The molecule has 1 saturated heterocycles. The molecule has 3 rings (SSSR count). The molecule has 1 fully saturated rings. The number of hydrogen-bond donors (Lipinski definition) is 2. The van der Waals surface area contributed by atoms with Crippen molar-refractivity contribution in [2.24, 2.45) is 10.3 Å². The molecule has 0 aromatic heterocycles. The highest BCUT2D eigenvalue weighted by Gasteiger charge is 2.31. The summed E-state index contributed by atoms with van der Waals surface area (Å²) in [6, 6.07) is 19.1. The summed E-state index contributed by atoms with van der Waals surface area (Å²) in [6.45, 7) is 1.22. The van der Waals surface area contributed by atoms with Crippen LogP contribution in [0.5, 0.6) is 0 Å². The van der Waals surface area contributed by atoms with Gasteiger partial charge in [0.25, 0.3) is 0 Å². The molecule has 2 N–H and O–H groups in total. The molecule has 112 valence electrons. The second-order valence-electron chi connectivity index (χ2n) is 4.82. The summed E-state index contributed by atoms with van der Waals surface area (Å²) >= 11 is 0. The minimum Gasteiger partial charge on any atom is -0.409 e. The summed E-state index contributed by atoms with van der Waals surface area (Å²) in [5.74, 6) is 0.424. The van der Waals surface area contributed by atoms with Gasteiger partial charge in [0.15, 0.2) is 0 Å². The molecule has 6 nitrogen and oxygen atoms in total. The fourth-order valence-electron chi connectivity index (χ4n) is 2.57. The van der Waals surface area contributed by atoms with Crippen molar-refractivity contribution < 1.29 is 10.4 Å². The lowest BCUT2D eigenvalue weighted by Crippen LogP contribution is -2.55. The Morgan fingerprint density at radius 3 is 1.32 bits per heavy atom. The van der Waals surface area contributed by atoms with Crippen molar-refractivity contribution in [3.05, 3.63) is 60.7 Å². The Kier molecular flexibility index (Phi) is 3.91. The summed E-state index contributed by atoms with van der Waals surface area (Å²) in [6.07, 6.45) is 0. The summed E-state index contributed by atoms with van der Waals surface area (Å²) in [5.41, 5.74) is 1.76. The van der Waals surface area contributed by atoms with Crippen molar-refractivity contribution in [2.75, 3.05) is 22.9 Å². The molecule has 1 aliphatic rings. The van der Waals surface area contributed by atoms with Crippen LogP contribution in [0.25, 0.3) is 0 Å². The fourth-order valence-corrected chi connectivity index (χ4v) is 2.57. The lowest BCUT2D eigenvalue weighted by molar-refractivity contribution is 0.311. The quantitative estimate of drug-likeness (QED) is 0.660. The molecular weight excluding hydrogens is 280 g/mol. The van der Waals surface area contributed by atoms with Crippen LogP contribution < -0.4 is 9.80 Å². The number of para-hydroxylation sites is 2. The molecule has 1 aliphatic heterocycles. The summed E-state index contributed by atoms with van der Waals surface area (Å²) in [4.78, 5) is 3.63. The van der Waals surface area contributed by atoms with Crippen LogP contribution in [0, 0.1) is 0 Å². The van der Waals surface area contributed by atoms with Crippen molar-refractivity contribution in [1.29, 1.82) is 0 Å². The van der Waals surface area contributed by atoms with E-state index in [0.717, 1.165) is 11.4 Å². The van der Waals surface area contributed by atoms with E-state index >= 15 is 0 Å². The van der Waals surface area contributed by atoms with E-state index in [9.17, 15) is 10.4 Å². The number of amidine groups is 2. The van der Waals surface area contributed by atoms with Crippen molar-refractivity contribution in [2.45, 2.75) is 0 Å². The number of oxime groups is 2. The molecule has 0 amide bonds. The first kappa shape index (κ1) is 13.9. The highest BCUT2D eigenvalue weighted by molar-refractivity contribution is 6.50. The number of anilines is 2. The topological polar surface area (TPSA) is 71.7 Å². The molecule has 0 radical (unpaired) electrons. The minimum atomic E-state index is 0.212. The Morgan fingerprint density at radius 1 is 0.636 bits per heavy atom. The SMILES string of the molecule is O/N=C1\C(=N/O)N(c2ccccc2)CCN1c1ccccc1. The predicted molar refractivity (Wildman–Crippen MR) is 86.0 cm³/mol. The van der Waals surface area contributed by atoms with Crippen LogP contribution in [0.15, 0.2) is 71.0 Å². The number of nitrogens with zero attached hydrogens (tertiary/aromatic N) is 4. The molecule has 0 saturated carbocycles. The van der Waals surface area contributed by atoms with Gasteiger partial charge in [0.05, 0.1) is 0 Å². The van der Waals surface area contributed by atoms with Gasteiger partial charge in [0.2, 0.25) is 11.7 Å². The van der Waals surface area contributed by atoms with E-state index in [-0.39, 0.29) is 11.7 Å². The second-order valence-corrected chi connectivity index (χ2v) is 4.82. The molecule has 6 heteroatoms. The maximum Gasteiger partial charge on any atom is 0.219 e. The van der Waals surface area contributed by atoms with Crippen molar-refractivity contribution in [1.82, 2.24) is 0 Å². The molecule has 1 heterocycles. The van der Waals surface area contributed by atoms with Crippen LogP contribution in [0.3, 0.4) is 0 Å². The molecule has 0 bridgehead atoms. The molecule has 0 unspecified atom stereocenters. The Balaban J connectivity index is 1.97. The number of hydrogen-bond acceptors (Lipinski definition) is 4. The van der Waals surface area contributed by atoms with Gasteiger partial charge in [0, 0.05) is 24.5 Å². The molecule has 0 aliphatic carbocycles. The molecule has 2 aromatic rings. The molecule has 2 aromatic carbocycles. The first-order valence-electron chi connectivity index (χ1n) is 6.95. The number of piperazine rings is 1. The van der Waals surface area contributed by atoms with Crippen molar-refractivity contribution in [3.63, 3.8) is 0 Å². The maximum absolute atomic E-state index is 9.42. The number of rotatable bonds is 2. The van der Waals surface area contributed by atoms with Gasteiger partial charge in [-0.1, -0.05) is 46.7 Å². The van der Waals surface area contributed by atoms with Crippen LogP contribution in [-0.4, -0.2) is 35.2 Å². The zero-order valence-corrected chi connectivity index (χ0v) is 11.9. The Bertz CT molecular complexity index is 624. The van der Waals surface area contributed by atoms with E-state index in [4.69, 9.17) is 0 Å². The monoisotopic (exact) mass is 296 g/mol. The van der Waals surface area contributed by atoms with Gasteiger partial charge in [-0.25, -0.2) is 0 Å². The van der Waals surface area contributed by atoms with Crippen LogP contribution >= 0.6 is 0 Å². The molecule has 0 spiro atoms. The van der Waals surface area contributed by atoms with Gasteiger partial charge in [0.1, 0.15) is 0 Å². The smallest absolute Gasteiger partial charge is 0.219 e. The summed E-state index contributed by atoms with van der Waals surface area (Å²) < 4.78 is 0. The third kappa shape index (κ3) is 2.46. The lowest BCUT2D eigenvalue weighted by Gasteiger charge is -2.37. The minimum absolute atomic E-state index is 0.212. The van der Waals surface area contributed by atoms with Crippen LogP contribution in [0.1, 0.15) is 0 Å². The molecule has 0 atom stereocenters. The highest BCUT2D eigenvalue weighted by atomic mass is 16.4. The Labute approximate surface area is 128 Å². The Hall–Kier alpha value is -3.02. The standard InChI is InChI=1S/C16H16N4O2/c21-17-15-16(18-22)20(14-9-5-2-6-10-14)12-11-19(15)13-7-3-1-4-8-13/h1-10,21-22H,11-12H2/b17-15+,18-16+. The van der Waals surface area contributed by atoms with E-state index in [0.29, 0.717) is 13.1 Å². The third-order valence-electron chi connectivity index (χ3n) is 3.58. The van der Waals surface area contributed by atoms with Gasteiger partial charge in [-0.2, -0.15) is 0 Å². The van der Waals surface area contributed by atoms with E-state index < -0.39 is 0 Å². The zero-order chi connectivity index (χ0) is 15.4. The number of benzene rings is 2. The van der Waals surface area contributed by atoms with Crippen LogP contribution in [-0.2, 0) is 0 Å². The van der Waals surface area contributed by atoms with E-state index in [1.165, 1.54) is 0 Å². The fraction of sp³-hybridized carbons (Fsp3) is 0.125. The normalized spacial score (nSPS) is 18.9.